The number of rotatable bonds is 0. The summed E-state index contributed by atoms with van der Waals surface area (Å²) in [6.07, 6.45) is 0. The van der Waals surface area contributed by atoms with Crippen LogP contribution in [0.5, 0.6) is 0 Å². The highest BCUT2D eigenvalue weighted by molar-refractivity contribution is 14.2. The van der Waals surface area contributed by atoms with E-state index in [0.717, 1.165) is 0 Å². The number of hydrogen-bond donors (Lipinski definition) is 0. The van der Waals surface area contributed by atoms with E-state index in [-0.39, 0.29) is 0 Å². The second-order valence-corrected chi connectivity index (χ2v) is 129. The summed E-state index contributed by atoms with van der Waals surface area (Å²) in [6, 6.07) is 0. The predicted molar refractivity (Wildman–Crippen MR) is 114 cm³/mol. The molecule has 0 nitrogen and oxygen atoms in total. The molecular weight excluding hydrogens is 788 g/mol. The molecule has 4 bridgehead atoms. The van der Waals surface area contributed by atoms with Gasteiger partial charge in [-0.25, -0.2) is 0 Å². The maximum atomic E-state index is 3.08. The van der Waals surface area contributed by atoms with Gasteiger partial charge in [0.25, 0.3) is 0 Å². The molecule has 68 valence electrons. The van der Waals surface area contributed by atoms with Crippen molar-refractivity contribution < 1.29 is 0 Å². The molecule has 4 saturated heterocycles. The molecule has 0 N–H and O–H groups in total. The highest BCUT2D eigenvalue weighted by Crippen LogP contribution is 2.43. The van der Waals surface area contributed by atoms with Crippen molar-refractivity contribution in [3.63, 3.8) is 0 Å². The zero-order valence-electron chi connectivity index (χ0n) is 6.51. The summed E-state index contributed by atoms with van der Waals surface area (Å²) < 4.78 is -2.32. The van der Waals surface area contributed by atoms with Gasteiger partial charge in [-0.1, -0.05) is 0 Å². The SMILES string of the molecule is I[Si]12[Si][Si]3(I)[Si][Si](I)([Si]1)[Si][Si](I)([Si]2)[Si]3. The lowest BCUT2D eigenvalue weighted by atomic mass is 25.6. The fraction of sp³-hybridized carbons (Fsp3) is 0. The van der Waals surface area contributed by atoms with Crippen LogP contribution in [0.3, 0.4) is 0 Å². The van der Waals surface area contributed by atoms with Gasteiger partial charge in [0, 0.05) is 51.3 Å². The Bertz CT molecular complexity index is 205. The predicted octanol–water partition coefficient (Wildman–Crippen LogP) is -0.265. The lowest BCUT2D eigenvalue weighted by molar-refractivity contribution is 3.26. The molecule has 0 amide bonds. The van der Waals surface area contributed by atoms with E-state index in [1.54, 1.807) is 51.3 Å². The van der Waals surface area contributed by atoms with E-state index in [1.165, 1.54) is 0 Å². The minimum absolute atomic E-state index is 0.580. The van der Waals surface area contributed by atoms with Crippen molar-refractivity contribution in [1.82, 2.24) is 0 Å². The Morgan fingerprint density at radius 1 is 0.429 bits per heavy atom. The Hall–Kier alpha value is 5.09. The smallest absolute Gasteiger partial charge is 0.0815 e. The maximum absolute atomic E-state index is 3.08. The Morgan fingerprint density at radius 3 is 0.714 bits per heavy atom. The van der Waals surface area contributed by atoms with Crippen LogP contribution in [0.25, 0.3) is 0 Å². The average Bonchev–Trinajstić information content (AvgIpc) is 1.67. The maximum Gasteiger partial charge on any atom is 0.0815 e. The van der Waals surface area contributed by atoms with E-state index >= 15 is 0 Å². The van der Waals surface area contributed by atoms with E-state index in [4.69, 9.17) is 0 Å². The van der Waals surface area contributed by atoms with Gasteiger partial charge in [-0.05, 0) is 0 Å². The van der Waals surface area contributed by atoms with E-state index in [0.29, 0.717) is 0 Å². The molecule has 4 aliphatic rings. The summed E-state index contributed by atoms with van der Waals surface area (Å²) >= 11 is 12.3. The molecule has 4 heterocycles. The summed E-state index contributed by atoms with van der Waals surface area (Å²) in [7, 11) is 9.61. The molecule has 0 atom stereocenters. The normalized spacial score (nSPS) is 66.0. The first-order valence-electron chi connectivity index (χ1n) is 3.76. The van der Waals surface area contributed by atoms with Crippen molar-refractivity contribution >= 4 is 155 Å². The van der Waals surface area contributed by atoms with Crippen LogP contribution in [0.1, 0.15) is 0 Å². The molecule has 12 radical (unpaired) electrons. The molecule has 0 aromatic carbocycles. The fourth-order valence-electron chi connectivity index (χ4n) is 1.80. The third-order valence-electron chi connectivity index (χ3n) is 2.07. The van der Waals surface area contributed by atoms with Gasteiger partial charge in [0.15, 0.2) is 0 Å². The average molecular weight is 788 g/mol. The van der Waals surface area contributed by atoms with Crippen molar-refractivity contribution in [2.45, 2.75) is 0 Å². The topological polar surface area (TPSA) is 0 Å². The second-order valence-electron chi connectivity index (χ2n) is 3.38. The van der Waals surface area contributed by atoms with Gasteiger partial charge < -0.3 is 0 Å². The monoisotopic (exact) mass is 787 g/mol. The molecule has 14 heteroatoms. The molecule has 0 aliphatic carbocycles. The van der Waals surface area contributed by atoms with Crippen molar-refractivity contribution in [1.29, 1.82) is 0 Å². The van der Waals surface area contributed by atoms with Crippen LogP contribution in [-0.4, -0.2) is 67.8 Å². The Balaban J connectivity index is 2.08. The Morgan fingerprint density at radius 2 is 0.571 bits per heavy atom. The minimum Gasteiger partial charge on any atom is -0.131 e. The van der Waals surface area contributed by atoms with Crippen LogP contribution < -0.4 is 0 Å². The van der Waals surface area contributed by atoms with Crippen LogP contribution in [0.15, 0.2) is 0 Å². The first kappa shape index (κ1) is 14.0. The first-order valence-corrected chi connectivity index (χ1v) is 42.2. The molecule has 4 fully saturated rings. The molecule has 14 heavy (non-hydrogen) atoms. The van der Waals surface area contributed by atoms with E-state index in [2.05, 4.69) is 87.2 Å². The Kier molecular flexibility index (Phi) is 4.30. The van der Waals surface area contributed by atoms with Gasteiger partial charge in [-0.15, -0.1) is 87.2 Å². The summed E-state index contributed by atoms with van der Waals surface area (Å²) in [4.78, 5) is 0. The minimum atomic E-state index is -0.580. The van der Waals surface area contributed by atoms with E-state index in [9.17, 15) is 0 Å². The molecule has 4 rings (SSSR count). The van der Waals surface area contributed by atoms with Gasteiger partial charge in [-0.2, -0.15) is 0 Å². The van der Waals surface area contributed by atoms with Crippen molar-refractivity contribution in [2.75, 3.05) is 0 Å². The van der Waals surface area contributed by atoms with Gasteiger partial charge >= 0.3 is 0 Å². The molecule has 4 aliphatic heterocycles. The molecule has 0 aromatic rings. The number of hydrogen-bond acceptors (Lipinski definition) is 0. The van der Waals surface area contributed by atoms with E-state index < -0.39 is 16.5 Å². The van der Waals surface area contributed by atoms with E-state index in [1.807, 2.05) is 0 Å². The Labute approximate surface area is 151 Å². The van der Waals surface area contributed by atoms with Gasteiger partial charge in [-0.3, -0.25) is 0 Å². The lowest BCUT2D eigenvalue weighted by Gasteiger charge is -2.60. The first-order chi connectivity index (χ1) is 6.24. The van der Waals surface area contributed by atoms with Crippen LogP contribution in [0, 0.1) is 0 Å². The summed E-state index contributed by atoms with van der Waals surface area (Å²) in [6.45, 7) is 0. The van der Waals surface area contributed by atoms with Crippen LogP contribution >= 0.6 is 87.2 Å². The molecule has 0 aromatic heterocycles. The van der Waals surface area contributed by atoms with Crippen molar-refractivity contribution in [3.05, 3.63) is 0 Å². The third kappa shape index (κ3) is 2.62. The van der Waals surface area contributed by atoms with Gasteiger partial charge in [0.1, 0.15) is 0 Å². The second kappa shape index (κ2) is 4.29. The summed E-state index contributed by atoms with van der Waals surface area (Å²) in [5.41, 5.74) is 0. The van der Waals surface area contributed by atoms with Crippen LogP contribution in [0.4, 0.5) is 0 Å². The highest BCUT2D eigenvalue weighted by atomic mass is 127. The van der Waals surface area contributed by atoms with Crippen molar-refractivity contribution in [3.8, 4) is 0 Å². The van der Waals surface area contributed by atoms with Crippen LogP contribution in [-0.2, 0) is 0 Å². The van der Waals surface area contributed by atoms with Gasteiger partial charge in [0.2, 0.25) is 0 Å². The summed E-state index contributed by atoms with van der Waals surface area (Å²) in [5, 5.41) is 0. The lowest BCUT2D eigenvalue weighted by Crippen LogP contribution is -2.96. The standard InChI is InChI=1S/I4Si10/c1-11-5-12(2)8-13(3,6-11)10-14(4,7-11)9-12. The number of halogens is 4. The summed E-state index contributed by atoms with van der Waals surface area (Å²) in [5.74, 6) is 0. The molecular formula is I4Si10. The zero-order chi connectivity index (χ0) is 10.2. The van der Waals surface area contributed by atoms with Crippen LogP contribution in [0.2, 0.25) is 0 Å². The quantitative estimate of drug-likeness (QED) is 0.181. The third-order valence-corrected chi connectivity index (χ3v) is 224. The molecule has 0 unspecified atom stereocenters. The van der Waals surface area contributed by atoms with Crippen molar-refractivity contribution in [2.24, 2.45) is 0 Å². The molecule has 0 spiro atoms. The fourth-order valence-corrected chi connectivity index (χ4v) is 712. The van der Waals surface area contributed by atoms with Gasteiger partial charge in [0.05, 0.1) is 16.5 Å². The largest absolute Gasteiger partial charge is 0.131 e. The highest BCUT2D eigenvalue weighted by Gasteiger charge is 2.70. The zero-order valence-corrected chi connectivity index (χ0v) is 25.1. The molecule has 0 saturated carbocycles.